The highest BCUT2D eigenvalue weighted by Crippen LogP contribution is 2.41. The molecule has 3 rings (SSSR count). The van der Waals surface area contributed by atoms with Crippen LogP contribution in [0.2, 0.25) is 0 Å². The number of carbonyl (C=O) groups is 2. The number of hydrogen-bond acceptors (Lipinski definition) is 6. The second-order valence-corrected chi connectivity index (χ2v) is 6.70. The Hall–Kier alpha value is -3.32. The summed E-state index contributed by atoms with van der Waals surface area (Å²) in [6.45, 7) is 1.54. The Bertz CT molecular complexity index is 964. The number of nitrogens with zero attached hydrogens (tertiary/aromatic N) is 1. The van der Waals surface area contributed by atoms with Crippen LogP contribution in [-0.2, 0) is 9.59 Å². The summed E-state index contributed by atoms with van der Waals surface area (Å²) >= 11 is 0. The van der Waals surface area contributed by atoms with Gasteiger partial charge in [-0.2, -0.15) is 0 Å². The molecule has 1 aliphatic rings. The highest BCUT2D eigenvalue weighted by Gasteiger charge is 2.46. The zero-order valence-corrected chi connectivity index (χ0v) is 16.5. The largest absolute Gasteiger partial charge is 0.507 e. The number of rotatable bonds is 6. The zero-order valence-electron chi connectivity index (χ0n) is 16.5. The Morgan fingerprint density at radius 2 is 1.69 bits per heavy atom. The molecule has 29 heavy (non-hydrogen) atoms. The molecular weight excluding hydrogens is 374 g/mol. The van der Waals surface area contributed by atoms with E-state index in [0.717, 1.165) is 5.56 Å². The molecule has 0 unspecified atom stereocenters. The first-order valence-corrected chi connectivity index (χ1v) is 9.11. The molecule has 1 amide bonds. The van der Waals surface area contributed by atoms with Crippen LogP contribution in [0.4, 0.5) is 0 Å². The summed E-state index contributed by atoms with van der Waals surface area (Å²) in [6, 6.07) is 11.2. The van der Waals surface area contributed by atoms with Crippen LogP contribution in [0, 0.1) is 6.92 Å². The summed E-state index contributed by atoms with van der Waals surface area (Å²) in [6.07, 6.45) is 0. The predicted molar refractivity (Wildman–Crippen MR) is 107 cm³/mol. The molecular formula is C22H23NO6. The number of carbonyl (C=O) groups excluding carboxylic acids is 2. The average molecular weight is 397 g/mol. The van der Waals surface area contributed by atoms with Crippen molar-refractivity contribution in [2.45, 2.75) is 13.0 Å². The van der Waals surface area contributed by atoms with Crippen LogP contribution in [0.3, 0.4) is 0 Å². The summed E-state index contributed by atoms with van der Waals surface area (Å²) in [4.78, 5) is 26.7. The van der Waals surface area contributed by atoms with E-state index in [-0.39, 0.29) is 24.5 Å². The van der Waals surface area contributed by atoms with Crippen molar-refractivity contribution in [2.75, 3.05) is 27.4 Å². The van der Waals surface area contributed by atoms with Crippen LogP contribution in [0.5, 0.6) is 11.5 Å². The highest BCUT2D eigenvalue weighted by atomic mass is 16.5. The molecule has 1 atom stereocenters. The molecule has 7 heteroatoms. The maximum absolute atomic E-state index is 12.8. The SMILES string of the molecule is COc1ccc([C@@H]2/C(=C(\O)c3ccc(C)cc3)C(=O)C(=O)N2CCO)cc1OC. The van der Waals surface area contributed by atoms with Crippen LogP contribution in [0.1, 0.15) is 22.7 Å². The molecule has 152 valence electrons. The molecule has 7 nitrogen and oxygen atoms in total. The van der Waals surface area contributed by atoms with Gasteiger partial charge in [-0.1, -0.05) is 35.9 Å². The number of ether oxygens (including phenoxy) is 2. The molecule has 0 radical (unpaired) electrons. The van der Waals surface area contributed by atoms with E-state index in [0.29, 0.717) is 22.6 Å². The van der Waals surface area contributed by atoms with Crippen LogP contribution >= 0.6 is 0 Å². The Balaban J connectivity index is 2.20. The van der Waals surface area contributed by atoms with Gasteiger partial charge in [-0.3, -0.25) is 9.59 Å². The van der Waals surface area contributed by atoms with Crippen molar-refractivity contribution in [3.05, 3.63) is 64.7 Å². The average Bonchev–Trinajstić information content (AvgIpc) is 2.98. The number of aliphatic hydroxyl groups excluding tert-OH is 2. The smallest absolute Gasteiger partial charge is 0.295 e. The molecule has 1 aliphatic heterocycles. The summed E-state index contributed by atoms with van der Waals surface area (Å²) in [5, 5.41) is 20.3. The number of aliphatic hydroxyl groups is 2. The number of aryl methyl sites for hydroxylation is 1. The fourth-order valence-corrected chi connectivity index (χ4v) is 3.45. The van der Waals surface area contributed by atoms with Crippen LogP contribution in [0.15, 0.2) is 48.0 Å². The third-order valence-corrected chi connectivity index (χ3v) is 4.93. The van der Waals surface area contributed by atoms with Gasteiger partial charge in [0.25, 0.3) is 11.7 Å². The lowest BCUT2D eigenvalue weighted by molar-refractivity contribution is -0.140. The summed E-state index contributed by atoms with van der Waals surface area (Å²) in [7, 11) is 2.99. The molecule has 1 saturated heterocycles. The lowest BCUT2D eigenvalue weighted by Crippen LogP contribution is -2.32. The number of Topliss-reactive ketones (excluding diaryl/α,β-unsaturated/α-hetero) is 1. The fourth-order valence-electron chi connectivity index (χ4n) is 3.45. The maximum Gasteiger partial charge on any atom is 0.295 e. The van der Waals surface area contributed by atoms with Gasteiger partial charge < -0.3 is 24.6 Å². The summed E-state index contributed by atoms with van der Waals surface area (Å²) in [5.41, 5.74) is 1.96. The van der Waals surface area contributed by atoms with E-state index in [2.05, 4.69) is 0 Å². The van der Waals surface area contributed by atoms with Gasteiger partial charge in [0.05, 0.1) is 32.4 Å². The van der Waals surface area contributed by atoms with Gasteiger partial charge in [-0.25, -0.2) is 0 Å². The van der Waals surface area contributed by atoms with Gasteiger partial charge in [0.15, 0.2) is 11.5 Å². The van der Waals surface area contributed by atoms with Crippen LogP contribution in [0.25, 0.3) is 5.76 Å². The third kappa shape index (κ3) is 3.69. The Kier molecular flexibility index (Phi) is 5.89. The second kappa shape index (κ2) is 8.36. The van der Waals surface area contributed by atoms with Crippen LogP contribution < -0.4 is 9.47 Å². The number of ketones is 1. The van der Waals surface area contributed by atoms with Crippen molar-refractivity contribution in [2.24, 2.45) is 0 Å². The van der Waals surface area contributed by atoms with Crippen molar-refractivity contribution < 1.29 is 29.3 Å². The summed E-state index contributed by atoms with van der Waals surface area (Å²) in [5.74, 6) is -0.906. The number of hydrogen-bond donors (Lipinski definition) is 2. The molecule has 2 aromatic rings. The second-order valence-electron chi connectivity index (χ2n) is 6.70. The maximum atomic E-state index is 12.8. The summed E-state index contributed by atoms with van der Waals surface area (Å²) < 4.78 is 10.6. The Morgan fingerprint density at radius 1 is 1.03 bits per heavy atom. The molecule has 0 saturated carbocycles. The minimum Gasteiger partial charge on any atom is -0.507 e. The van der Waals surface area contributed by atoms with E-state index >= 15 is 0 Å². The first-order valence-electron chi connectivity index (χ1n) is 9.11. The number of likely N-dealkylation sites (tertiary alicyclic amines) is 1. The minimum atomic E-state index is -0.858. The van der Waals surface area contributed by atoms with E-state index in [1.54, 1.807) is 30.3 Å². The van der Waals surface area contributed by atoms with E-state index < -0.39 is 17.7 Å². The van der Waals surface area contributed by atoms with Crippen molar-refractivity contribution >= 4 is 17.4 Å². The fraction of sp³-hybridized carbons (Fsp3) is 0.273. The predicted octanol–water partition coefficient (Wildman–Crippen LogP) is 2.43. The van der Waals surface area contributed by atoms with E-state index in [1.165, 1.54) is 19.1 Å². The third-order valence-electron chi connectivity index (χ3n) is 4.93. The Morgan fingerprint density at radius 3 is 2.28 bits per heavy atom. The molecule has 0 bridgehead atoms. The Labute approximate surface area is 168 Å². The number of β-amino-alcohol motifs (C(OH)–C–C–N with tert-alkyl or cyclic N) is 1. The van der Waals surface area contributed by atoms with E-state index in [4.69, 9.17) is 9.47 Å². The molecule has 2 N–H and O–H groups in total. The first kappa shape index (κ1) is 20.4. The molecule has 0 aromatic heterocycles. The molecule has 2 aromatic carbocycles. The van der Waals surface area contributed by atoms with Crippen LogP contribution in [-0.4, -0.2) is 54.2 Å². The number of amides is 1. The van der Waals surface area contributed by atoms with E-state index in [9.17, 15) is 19.8 Å². The van der Waals surface area contributed by atoms with Gasteiger partial charge in [-0.05, 0) is 24.6 Å². The molecule has 1 heterocycles. The van der Waals surface area contributed by atoms with Gasteiger partial charge >= 0.3 is 0 Å². The van der Waals surface area contributed by atoms with Gasteiger partial charge in [-0.15, -0.1) is 0 Å². The first-order chi connectivity index (χ1) is 13.9. The lowest BCUT2D eigenvalue weighted by atomic mass is 9.94. The van der Waals surface area contributed by atoms with Crippen molar-refractivity contribution in [3.63, 3.8) is 0 Å². The molecule has 0 spiro atoms. The zero-order chi connectivity index (χ0) is 21.1. The van der Waals surface area contributed by atoms with Crippen molar-refractivity contribution in [1.29, 1.82) is 0 Å². The van der Waals surface area contributed by atoms with Gasteiger partial charge in [0, 0.05) is 12.1 Å². The number of methoxy groups -OCH3 is 2. The molecule has 1 fully saturated rings. The standard InChI is InChI=1S/C22H23NO6/c1-13-4-6-14(7-5-13)20(25)18-19(23(10-11-24)22(27)21(18)26)15-8-9-16(28-2)17(12-15)29-3/h4-9,12,19,24-25H,10-11H2,1-3H3/b20-18+/t19-/m1/s1. The lowest BCUT2D eigenvalue weighted by Gasteiger charge is -2.25. The normalized spacial score (nSPS) is 18.2. The van der Waals surface area contributed by atoms with Gasteiger partial charge in [0.2, 0.25) is 0 Å². The quantitative estimate of drug-likeness (QED) is 0.442. The van der Waals surface area contributed by atoms with E-state index in [1.807, 2.05) is 19.1 Å². The monoisotopic (exact) mass is 397 g/mol. The highest BCUT2D eigenvalue weighted by molar-refractivity contribution is 6.46. The van der Waals surface area contributed by atoms with Crippen molar-refractivity contribution in [3.8, 4) is 11.5 Å². The number of benzene rings is 2. The topological polar surface area (TPSA) is 96.3 Å². The van der Waals surface area contributed by atoms with Crippen molar-refractivity contribution in [1.82, 2.24) is 4.90 Å². The minimum absolute atomic E-state index is 0.0282. The molecule has 0 aliphatic carbocycles. The van der Waals surface area contributed by atoms with Gasteiger partial charge in [0.1, 0.15) is 5.76 Å².